The van der Waals surface area contributed by atoms with Crippen molar-refractivity contribution in [2.24, 2.45) is 0 Å². The molecule has 0 atom stereocenters. The lowest BCUT2D eigenvalue weighted by atomic mass is 10.3. The monoisotopic (exact) mass is 251 g/mol. The van der Waals surface area contributed by atoms with Crippen molar-refractivity contribution in [2.45, 2.75) is 6.61 Å². The molecule has 1 N–H and O–H groups in total. The van der Waals surface area contributed by atoms with Gasteiger partial charge in [0.15, 0.2) is 0 Å². The Morgan fingerprint density at radius 1 is 1.11 bits per heavy atom. The van der Waals surface area contributed by atoms with Crippen molar-refractivity contribution < 1.29 is 13.5 Å². The third-order valence-electron chi connectivity index (χ3n) is 2.18. The minimum atomic E-state index is -0.679. The summed E-state index contributed by atoms with van der Waals surface area (Å²) in [5.74, 6) is -0.606. The van der Waals surface area contributed by atoms with Crippen LogP contribution in [0.1, 0.15) is 5.69 Å². The zero-order valence-electron chi connectivity index (χ0n) is 9.65. The van der Waals surface area contributed by atoms with Gasteiger partial charge in [-0.15, -0.1) is 0 Å². The standard InChI is InChI=1S/C12H11F2N3O/c1-15-12-6-16-10(5-17-12)7-18-11-3-8(13)2-9(14)4-11/h2-6H,7H2,1H3,(H,15,17). The normalized spacial score (nSPS) is 10.2. The minimum Gasteiger partial charge on any atom is -0.487 e. The van der Waals surface area contributed by atoms with Gasteiger partial charge in [-0.25, -0.2) is 13.8 Å². The number of anilines is 1. The van der Waals surface area contributed by atoms with Crippen LogP contribution in [-0.4, -0.2) is 17.0 Å². The molecule has 1 aromatic heterocycles. The highest BCUT2D eigenvalue weighted by Gasteiger charge is 2.03. The second-order valence-corrected chi connectivity index (χ2v) is 3.54. The summed E-state index contributed by atoms with van der Waals surface area (Å²) in [7, 11) is 1.73. The average Bonchev–Trinajstić information content (AvgIpc) is 2.36. The fraction of sp³-hybridized carbons (Fsp3) is 0.167. The Hall–Kier alpha value is -2.24. The largest absolute Gasteiger partial charge is 0.487 e. The van der Waals surface area contributed by atoms with Crippen LogP contribution >= 0.6 is 0 Å². The molecule has 0 aliphatic rings. The van der Waals surface area contributed by atoms with Crippen LogP contribution in [0, 0.1) is 11.6 Å². The number of hydrogen-bond acceptors (Lipinski definition) is 4. The molecule has 1 aromatic carbocycles. The van der Waals surface area contributed by atoms with Gasteiger partial charge in [-0.3, -0.25) is 4.98 Å². The number of hydrogen-bond donors (Lipinski definition) is 1. The Morgan fingerprint density at radius 2 is 1.83 bits per heavy atom. The van der Waals surface area contributed by atoms with Gasteiger partial charge in [-0.2, -0.15) is 0 Å². The van der Waals surface area contributed by atoms with Gasteiger partial charge in [0.05, 0.1) is 18.1 Å². The summed E-state index contributed by atoms with van der Waals surface area (Å²) in [5, 5.41) is 2.83. The van der Waals surface area contributed by atoms with E-state index < -0.39 is 11.6 Å². The fourth-order valence-electron chi connectivity index (χ4n) is 1.33. The Kier molecular flexibility index (Phi) is 3.66. The molecule has 0 saturated heterocycles. The molecule has 1 heterocycles. The Balaban J connectivity index is 2.01. The third-order valence-corrected chi connectivity index (χ3v) is 2.18. The van der Waals surface area contributed by atoms with Gasteiger partial charge >= 0.3 is 0 Å². The van der Waals surface area contributed by atoms with E-state index >= 15 is 0 Å². The van der Waals surface area contributed by atoms with Crippen molar-refractivity contribution in [3.05, 3.63) is 47.9 Å². The molecule has 0 fully saturated rings. The zero-order valence-corrected chi connectivity index (χ0v) is 9.65. The first kappa shape index (κ1) is 12.2. The van der Waals surface area contributed by atoms with E-state index in [4.69, 9.17) is 4.74 Å². The molecule has 2 rings (SSSR count). The summed E-state index contributed by atoms with van der Waals surface area (Å²) in [4.78, 5) is 8.11. The third kappa shape index (κ3) is 3.13. The minimum absolute atomic E-state index is 0.0971. The van der Waals surface area contributed by atoms with Crippen molar-refractivity contribution in [1.82, 2.24) is 9.97 Å². The van der Waals surface area contributed by atoms with E-state index in [1.807, 2.05) is 0 Å². The number of nitrogens with one attached hydrogen (secondary N) is 1. The molecule has 0 amide bonds. The number of nitrogens with zero attached hydrogens (tertiary/aromatic N) is 2. The lowest BCUT2D eigenvalue weighted by Crippen LogP contribution is -2.01. The van der Waals surface area contributed by atoms with Gasteiger partial charge in [-0.05, 0) is 0 Å². The van der Waals surface area contributed by atoms with E-state index in [2.05, 4.69) is 15.3 Å². The molecule has 18 heavy (non-hydrogen) atoms. The molecular weight excluding hydrogens is 240 g/mol. The molecule has 0 unspecified atom stereocenters. The van der Waals surface area contributed by atoms with Crippen molar-refractivity contribution in [2.75, 3.05) is 12.4 Å². The van der Waals surface area contributed by atoms with E-state index in [1.54, 1.807) is 13.2 Å². The van der Waals surface area contributed by atoms with Crippen molar-refractivity contribution in [3.63, 3.8) is 0 Å². The van der Waals surface area contributed by atoms with E-state index in [0.29, 0.717) is 11.5 Å². The molecule has 0 saturated carbocycles. The van der Waals surface area contributed by atoms with E-state index in [0.717, 1.165) is 18.2 Å². The maximum atomic E-state index is 12.9. The van der Waals surface area contributed by atoms with Crippen molar-refractivity contribution in [1.29, 1.82) is 0 Å². The Morgan fingerprint density at radius 3 is 2.39 bits per heavy atom. The summed E-state index contributed by atoms with van der Waals surface area (Å²) in [5.41, 5.74) is 0.568. The SMILES string of the molecule is CNc1cnc(COc2cc(F)cc(F)c2)cn1. The number of ether oxygens (including phenoxy) is 1. The predicted molar refractivity (Wildman–Crippen MR) is 62.3 cm³/mol. The summed E-state index contributed by atoms with van der Waals surface area (Å²) >= 11 is 0. The molecular formula is C12H11F2N3O. The molecule has 0 spiro atoms. The molecule has 0 bridgehead atoms. The maximum absolute atomic E-state index is 12.9. The summed E-state index contributed by atoms with van der Waals surface area (Å²) in [6, 6.07) is 3.01. The van der Waals surface area contributed by atoms with Crippen LogP contribution in [0.4, 0.5) is 14.6 Å². The molecule has 0 aliphatic carbocycles. The number of halogens is 2. The first-order valence-electron chi connectivity index (χ1n) is 5.25. The van der Waals surface area contributed by atoms with Crippen LogP contribution in [0.25, 0.3) is 0 Å². The van der Waals surface area contributed by atoms with Crippen LogP contribution in [0.3, 0.4) is 0 Å². The van der Waals surface area contributed by atoms with E-state index in [-0.39, 0.29) is 12.4 Å². The zero-order chi connectivity index (χ0) is 13.0. The fourth-order valence-corrected chi connectivity index (χ4v) is 1.33. The van der Waals surface area contributed by atoms with E-state index in [1.165, 1.54) is 6.20 Å². The van der Waals surface area contributed by atoms with Crippen molar-refractivity contribution >= 4 is 5.82 Å². The highest BCUT2D eigenvalue weighted by molar-refractivity contribution is 5.29. The summed E-state index contributed by atoms with van der Waals surface area (Å²) in [6.07, 6.45) is 3.08. The van der Waals surface area contributed by atoms with Crippen LogP contribution in [0.2, 0.25) is 0 Å². The average molecular weight is 251 g/mol. The topological polar surface area (TPSA) is 47.0 Å². The smallest absolute Gasteiger partial charge is 0.144 e. The Labute approximate surface area is 103 Å². The second-order valence-electron chi connectivity index (χ2n) is 3.54. The van der Waals surface area contributed by atoms with Gasteiger partial charge in [0.25, 0.3) is 0 Å². The quantitative estimate of drug-likeness (QED) is 0.906. The van der Waals surface area contributed by atoms with E-state index in [9.17, 15) is 8.78 Å². The molecule has 0 aliphatic heterocycles. The highest BCUT2D eigenvalue weighted by Crippen LogP contribution is 2.16. The van der Waals surface area contributed by atoms with Gasteiger partial charge in [0.2, 0.25) is 0 Å². The number of aromatic nitrogens is 2. The van der Waals surface area contributed by atoms with Crippen molar-refractivity contribution in [3.8, 4) is 5.75 Å². The Bertz CT molecular complexity index is 511. The molecule has 4 nitrogen and oxygen atoms in total. The first-order valence-corrected chi connectivity index (χ1v) is 5.25. The van der Waals surface area contributed by atoms with Crippen LogP contribution in [0.15, 0.2) is 30.6 Å². The lowest BCUT2D eigenvalue weighted by molar-refractivity contribution is 0.297. The summed E-state index contributed by atoms with van der Waals surface area (Å²) < 4.78 is 31.0. The highest BCUT2D eigenvalue weighted by atomic mass is 19.1. The number of benzene rings is 1. The predicted octanol–water partition coefficient (Wildman–Crippen LogP) is 2.38. The van der Waals surface area contributed by atoms with Crippen LogP contribution < -0.4 is 10.1 Å². The molecule has 94 valence electrons. The van der Waals surface area contributed by atoms with Crippen LogP contribution in [0.5, 0.6) is 5.75 Å². The summed E-state index contributed by atoms with van der Waals surface area (Å²) in [6.45, 7) is 0.0971. The van der Waals surface area contributed by atoms with Gasteiger partial charge in [0.1, 0.15) is 29.8 Å². The lowest BCUT2D eigenvalue weighted by Gasteiger charge is -2.06. The molecule has 0 radical (unpaired) electrons. The van der Waals surface area contributed by atoms with Gasteiger partial charge < -0.3 is 10.1 Å². The van der Waals surface area contributed by atoms with Gasteiger partial charge in [-0.1, -0.05) is 0 Å². The number of rotatable bonds is 4. The second kappa shape index (κ2) is 5.39. The first-order chi connectivity index (χ1) is 8.67. The molecule has 6 heteroatoms. The maximum Gasteiger partial charge on any atom is 0.144 e. The van der Waals surface area contributed by atoms with Crippen LogP contribution in [-0.2, 0) is 6.61 Å². The van der Waals surface area contributed by atoms with Gasteiger partial charge in [0, 0.05) is 25.2 Å². The molecule has 2 aromatic rings.